The molecule has 0 aliphatic carbocycles. The summed E-state index contributed by atoms with van der Waals surface area (Å²) in [6.07, 6.45) is 3.77. The van der Waals surface area contributed by atoms with Crippen molar-refractivity contribution in [3.63, 3.8) is 0 Å². The third kappa shape index (κ3) is 5.12. The number of carbonyl (C=O) groups is 1. The van der Waals surface area contributed by atoms with Gasteiger partial charge in [0.1, 0.15) is 0 Å². The summed E-state index contributed by atoms with van der Waals surface area (Å²) in [5, 5.41) is 6.17. The highest BCUT2D eigenvalue weighted by Gasteiger charge is 2.18. The Hall–Kier alpha value is -2.29. The fraction of sp³-hybridized carbons (Fsp3) is 0.368. The summed E-state index contributed by atoms with van der Waals surface area (Å²) in [5.41, 5.74) is 1.90. The molecule has 144 valence electrons. The third-order valence-corrected chi connectivity index (χ3v) is 6.02. The standard InChI is InChI=1S/C19H24N4O3S/c1-14-5-3-10-21-18(14)13-23-27(25,26)17-8-2-6-15(11-17)19(24)22-12-16-7-4-9-20-16/h2-3,5-6,8,10-11,16,20,23H,4,7,9,12-13H2,1H3,(H,22,24)/t16-/m1/s1. The number of sulfonamides is 1. The summed E-state index contributed by atoms with van der Waals surface area (Å²) in [5.74, 6) is -0.277. The Bertz CT molecular complexity index is 909. The van der Waals surface area contributed by atoms with Crippen molar-refractivity contribution in [1.82, 2.24) is 20.3 Å². The summed E-state index contributed by atoms with van der Waals surface area (Å²) in [6, 6.07) is 10.0. The molecule has 27 heavy (non-hydrogen) atoms. The van der Waals surface area contributed by atoms with E-state index >= 15 is 0 Å². The first-order valence-corrected chi connectivity index (χ1v) is 10.5. The van der Waals surface area contributed by atoms with E-state index < -0.39 is 10.0 Å². The number of carbonyl (C=O) groups excluding carboxylic acids is 1. The number of hydrogen-bond donors (Lipinski definition) is 3. The van der Waals surface area contributed by atoms with Crippen molar-refractivity contribution in [3.8, 4) is 0 Å². The van der Waals surface area contributed by atoms with E-state index in [4.69, 9.17) is 0 Å². The number of aromatic nitrogens is 1. The zero-order valence-electron chi connectivity index (χ0n) is 15.2. The maximum atomic E-state index is 12.6. The predicted octanol–water partition coefficient (Wildman–Crippen LogP) is 1.35. The van der Waals surface area contributed by atoms with Gasteiger partial charge in [0.05, 0.1) is 17.1 Å². The molecule has 1 fully saturated rings. The van der Waals surface area contributed by atoms with Crippen LogP contribution < -0.4 is 15.4 Å². The molecule has 2 aromatic rings. The summed E-state index contributed by atoms with van der Waals surface area (Å²) in [7, 11) is -3.74. The monoisotopic (exact) mass is 388 g/mol. The van der Waals surface area contributed by atoms with E-state index in [2.05, 4.69) is 20.3 Å². The van der Waals surface area contributed by atoms with Gasteiger partial charge in [-0.05, 0) is 56.1 Å². The lowest BCUT2D eigenvalue weighted by Gasteiger charge is -2.12. The molecule has 0 unspecified atom stereocenters. The summed E-state index contributed by atoms with van der Waals surface area (Å²) >= 11 is 0. The van der Waals surface area contributed by atoms with Crippen LogP contribution in [0.2, 0.25) is 0 Å². The third-order valence-electron chi connectivity index (χ3n) is 4.63. The van der Waals surface area contributed by atoms with E-state index in [0.717, 1.165) is 24.9 Å². The van der Waals surface area contributed by atoms with E-state index in [9.17, 15) is 13.2 Å². The van der Waals surface area contributed by atoms with Gasteiger partial charge in [0.25, 0.3) is 5.91 Å². The first-order valence-electron chi connectivity index (χ1n) is 8.97. The molecule has 1 amide bonds. The van der Waals surface area contributed by atoms with Crippen LogP contribution in [0.25, 0.3) is 0 Å². The van der Waals surface area contributed by atoms with Crippen molar-refractivity contribution >= 4 is 15.9 Å². The summed E-state index contributed by atoms with van der Waals surface area (Å²) < 4.78 is 27.7. The number of amides is 1. The fourth-order valence-corrected chi connectivity index (χ4v) is 4.04. The second-order valence-corrected chi connectivity index (χ2v) is 8.39. The Morgan fingerprint density at radius 3 is 2.89 bits per heavy atom. The molecule has 0 radical (unpaired) electrons. The van der Waals surface area contributed by atoms with Gasteiger partial charge in [0.2, 0.25) is 10.0 Å². The van der Waals surface area contributed by atoms with Gasteiger partial charge in [-0.1, -0.05) is 12.1 Å². The maximum absolute atomic E-state index is 12.6. The molecule has 1 aromatic carbocycles. The highest BCUT2D eigenvalue weighted by atomic mass is 32.2. The Labute approximate surface area is 159 Å². The van der Waals surface area contributed by atoms with Gasteiger partial charge >= 0.3 is 0 Å². The maximum Gasteiger partial charge on any atom is 0.251 e. The van der Waals surface area contributed by atoms with Crippen molar-refractivity contribution in [2.24, 2.45) is 0 Å². The van der Waals surface area contributed by atoms with Gasteiger partial charge in [-0.15, -0.1) is 0 Å². The molecule has 1 atom stereocenters. The number of hydrogen-bond acceptors (Lipinski definition) is 5. The molecule has 0 spiro atoms. The number of pyridine rings is 1. The molecule has 3 N–H and O–H groups in total. The lowest BCUT2D eigenvalue weighted by molar-refractivity contribution is 0.0950. The molecule has 0 bridgehead atoms. The van der Waals surface area contributed by atoms with Gasteiger partial charge < -0.3 is 10.6 Å². The van der Waals surface area contributed by atoms with Crippen molar-refractivity contribution < 1.29 is 13.2 Å². The van der Waals surface area contributed by atoms with Crippen LogP contribution in [0, 0.1) is 6.92 Å². The van der Waals surface area contributed by atoms with Crippen LogP contribution in [0.4, 0.5) is 0 Å². The van der Waals surface area contributed by atoms with Crippen molar-refractivity contribution in [1.29, 1.82) is 0 Å². The Kier molecular flexibility index (Phi) is 6.20. The smallest absolute Gasteiger partial charge is 0.251 e. The number of nitrogens with zero attached hydrogens (tertiary/aromatic N) is 1. The van der Waals surface area contributed by atoms with Crippen molar-refractivity contribution in [3.05, 3.63) is 59.4 Å². The largest absolute Gasteiger partial charge is 0.350 e. The molecule has 1 saturated heterocycles. The van der Waals surface area contributed by atoms with E-state index in [-0.39, 0.29) is 23.4 Å². The highest BCUT2D eigenvalue weighted by molar-refractivity contribution is 7.89. The lowest BCUT2D eigenvalue weighted by atomic mass is 10.2. The van der Waals surface area contributed by atoms with Gasteiger partial charge in [-0.25, -0.2) is 13.1 Å². The van der Waals surface area contributed by atoms with Gasteiger partial charge in [0, 0.05) is 24.3 Å². The number of aryl methyl sites for hydroxylation is 1. The summed E-state index contributed by atoms with van der Waals surface area (Å²) in [4.78, 5) is 16.6. The van der Waals surface area contributed by atoms with Gasteiger partial charge in [-0.3, -0.25) is 9.78 Å². The van der Waals surface area contributed by atoms with E-state index in [1.165, 1.54) is 12.1 Å². The van der Waals surface area contributed by atoms with Crippen LogP contribution in [-0.4, -0.2) is 38.4 Å². The van der Waals surface area contributed by atoms with Crippen molar-refractivity contribution in [2.75, 3.05) is 13.1 Å². The van der Waals surface area contributed by atoms with Crippen LogP contribution in [-0.2, 0) is 16.6 Å². The SMILES string of the molecule is Cc1cccnc1CNS(=O)(=O)c1cccc(C(=O)NC[C@H]2CCCN2)c1. The van der Waals surface area contributed by atoms with E-state index in [0.29, 0.717) is 17.8 Å². The Morgan fingerprint density at radius 2 is 2.15 bits per heavy atom. The predicted molar refractivity (Wildman–Crippen MR) is 103 cm³/mol. The van der Waals surface area contributed by atoms with Crippen LogP contribution in [0.5, 0.6) is 0 Å². The Morgan fingerprint density at radius 1 is 1.30 bits per heavy atom. The van der Waals surface area contributed by atoms with Crippen LogP contribution in [0.3, 0.4) is 0 Å². The number of nitrogens with one attached hydrogen (secondary N) is 3. The first-order chi connectivity index (χ1) is 13.0. The zero-order chi connectivity index (χ0) is 19.3. The average Bonchev–Trinajstić information content (AvgIpc) is 3.19. The van der Waals surface area contributed by atoms with Gasteiger partial charge in [-0.2, -0.15) is 0 Å². The Balaban J connectivity index is 1.66. The molecule has 1 aromatic heterocycles. The second kappa shape index (κ2) is 8.60. The van der Waals surface area contributed by atoms with Crippen LogP contribution >= 0.6 is 0 Å². The minimum Gasteiger partial charge on any atom is -0.350 e. The number of benzene rings is 1. The van der Waals surface area contributed by atoms with Crippen molar-refractivity contribution in [2.45, 2.75) is 37.2 Å². The second-order valence-electron chi connectivity index (χ2n) is 6.62. The average molecular weight is 388 g/mol. The topological polar surface area (TPSA) is 100 Å². The molecule has 0 saturated carbocycles. The minimum absolute atomic E-state index is 0.0581. The van der Waals surface area contributed by atoms with Crippen LogP contribution in [0.1, 0.15) is 34.5 Å². The molecular formula is C19H24N4O3S. The molecule has 3 rings (SSSR count). The van der Waals surface area contributed by atoms with E-state index in [1.807, 2.05) is 13.0 Å². The normalized spacial score (nSPS) is 17.0. The summed E-state index contributed by atoms with van der Waals surface area (Å²) in [6.45, 7) is 3.47. The zero-order valence-corrected chi connectivity index (χ0v) is 16.1. The van der Waals surface area contributed by atoms with Crippen LogP contribution in [0.15, 0.2) is 47.5 Å². The quantitative estimate of drug-likeness (QED) is 0.665. The first kappa shape index (κ1) is 19.5. The number of rotatable bonds is 7. The fourth-order valence-electron chi connectivity index (χ4n) is 3.00. The van der Waals surface area contributed by atoms with Gasteiger partial charge in [0.15, 0.2) is 0 Å². The minimum atomic E-state index is -3.74. The molecular weight excluding hydrogens is 364 g/mol. The lowest BCUT2D eigenvalue weighted by Crippen LogP contribution is -2.37. The molecule has 1 aliphatic heterocycles. The molecule has 7 nitrogen and oxygen atoms in total. The van der Waals surface area contributed by atoms with E-state index in [1.54, 1.807) is 24.4 Å². The highest BCUT2D eigenvalue weighted by Crippen LogP contribution is 2.13. The molecule has 2 heterocycles. The molecule has 8 heteroatoms. The molecule has 1 aliphatic rings.